The summed E-state index contributed by atoms with van der Waals surface area (Å²) in [6.07, 6.45) is 2.67. The van der Waals surface area contributed by atoms with E-state index in [-0.39, 0.29) is 11.8 Å². The molecule has 2 aromatic carbocycles. The molecular weight excluding hydrogens is 366 g/mol. The van der Waals surface area contributed by atoms with Crippen LogP contribution in [0.1, 0.15) is 56.5 Å². The summed E-state index contributed by atoms with van der Waals surface area (Å²) >= 11 is 0. The molecule has 2 rings (SSSR count). The van der Waals surface area contributed by atoms with Crippen LogP contribution in [0.5, 0.6) is 5.75 Å². The number of ether oxygens (including phenoxy) is 2. The van der Waals surface area contributed by atoms with Crippen LogP contribution in [0.3, 0.4) is 0 Å². The van der Waals surface area contributed by atoms with Crippen LogP contribution in [0.15, 0.2) is 48.5 Å². The van der Waals surface area contributed by atoms with Crippen molar-refractivity contribution in [2.75, 3.05) is 11.9 Å². The molecule has 156 valence electrons. The molecule has 29 heavy (non-hydrogen) atoms. The number of rotatable bonds is 10. The monoisotopic (exact) mass is 397 g/mol. The van der Waals surface area contributed by atoms with Crippen LogP contribution < -0.4 is 10.1 Å². The number of carbonyl (C=O) groups excluding carboxylic acids is 2. The predicted molar refractivity (Wildman–Crippen MR) is 115 cm³/mol. The van der Waals surface area contributed by atoms with Gasteiger partial charge in [-0.3, -0.25) is 4.79 Å². The maximum Gasteiger partial charge on any atom is 0.347 e. The molecule has 2 aromatic rings. The summed E-state index contributed by atoms with van der Waals surface area (Å²) in [6, 6.07) is 14.6. The molecule has 0 aromatic heterocycles. The van der Waals surface area contributed by atoms with Crippen molar-refractivity contribution in [3.8, 4) is 5.75 Å². The van der Waals surface area contributed by atoms with E-state index < -0.39 is 12.1 Å². The fourth-order valence-corrected chi connectivity index (χ4v) is 2.64. The number of carbonyl (C=O) groups is 2. The molecule has 1 amide bonds. The molecule has 1 atom stereocenters. The average Bonchev–Trinajstić information content (AvgIpc) is 2.71. The van der Waals surface area contributed by atoms with Crippen molar-refractivity contribution in [3.05, 3.63) is 59.7 Å². The zero-order chi connectivity index (χ0) is 21.2. The van der Waals surface area contributed by atoms with Gasteiger partial charge in [0.25, 0.3) is 5.91 Å². The van der Waals surface area contributed by atoms with E-state index in [9.17, 15) is 9.59 Å². The minimum absolute atomic E-state index is 0.192. The zero-order valence-corrected chi connectivity index (χ0v) is 17.7. The molecule has 1 N–H and O–H groups in total. The van der Waals surface area contributed by atoms with Crippen molar-refractivity contribution in [1.82, 2.24) is 0 Å². The van der Waals surface area contributed by atoms with Gasteiger partial charge in [0, 0.05) is 11.3 Å². The highest BCUT2D eigenvalue weighted by Crippen LogP contribution is 2.17. The molecule has 0 saturated carbocycles. The van der Waals surface area contributed by atoms with E-state index in [2.05, 4.69) is 12.2 Å². The normalized spacial score (nSPS) is 11.8. The van der Waals surface area contributed by atoms with Crippen LogP contribution in [0.4, 0.5) is 5.69 Å². The molecule has 0 spiro atoms. The molecule has 0 aliphatic heterocycles. The minimum Gasteiger partial charge on any atom is -0.479 e. The van der Waals surface area contributed by atoms with Crippen LogP contribution in [0.25, 0.3) is 0 Å². The number of hydrogen-bond acceptors (Lipinski definition) is 4. The molecule has 5 heteroatoms. The van der Waals surface area contributed by atoms with Crippen molar-refractivity contribution < 1.29 is 19.1 Å². The number of anilines is 1. The predicted octanol–water partition coefficient (Wildman–Crippen LogP) is 5.25. The van der Waals surface area contributed by atoms with Crippen molar-refractivity contribution in [3.63, 3.8) is 0 Å². The number of esters is 1. The minimum atomic E-state index is -0.709. The Morgan fingerprint density at radius 2 is 1.62 bits per heavy atom. The average molecular weight is 398 g/mol. The topological polar surface area (TPSA) is 64.6 Å². The molecule has 0 fully saturated rings. The van der Waals surface area contributed by atoms with E-state index in [4.69, 9.17) is 9.47 Å². The third kappa shape index (κ3) is 7.60. The second kappa shape index (κ2) is 11.2. The fraction of sp³-hybridized carbons (Fsp3) is 0.417. The van der Waals surface area contributed by atoms with Crippen LogP contribution in [0, 0.1) is 5.92 Å². The van der Waals surface area contributed by atoms with Gasteiger partial charge in [0.15, 0.2) is 6.10 Å². The first-order chi connectivity index (χ1) is 13.9. The Bertz CT molecular complexity index is 782. The Morgan fingerprint density at radius 3 is 2.21 bits per heavy atom. The van der Waals surface area contributed by atoms with Crippen LogP contribution >= 0.6 is 0 Å². The van der Waals surface area contributed by atoms with Gasteiger partial charge in [-0.1, -0.05) is 39.3 Å². The Kier molecular flexibility index (Phi) is 8.71. The van der Waals surface area contributed by atoms with Gasteiger partial charge in [-0.2, -0.15) is 0 Å². The van der Waals surface area contributed by atoms with Crippen molar-refractivity contribution in [1.29, 1.82) is 0 Å². The van der Waals surface area contributed by atoms with Gasteiger partial charge in [-0.25, -0.2) is 4.79 Å². The maximum absolute atomic E-state index is 12.4. The van der Waals surface area contributed by atoms with E-state index in [0.29, 0.717) is 17.9 Å². The summed E-state index contributed by atoms with van der Waals surface area (Å²) in [6.45, 7) is 8.13. The Hall–Kier alpha value is -2.82. The highest BCUT2D eigenvalue weighted by Gasteiger charge is 2.17. The quantitative estimate of drug-likeness (QED) is 0.556. The van der Waals surface area contributed by atoms with Gasteiger partial charge < -0.3 is 14.8 Å². The Balaban J connectivity index is 1.88. The van der Waals surface area contributed by atoms with E-state index in [1.807, 2.05) is 38.1 Å². The van der Waals surface area contributed by atoms with Gasteiger partial charge >= 0.3 is 5.97 Å². The number of amides is 1. The fourth-order valence-electron chi connectivity index (χ4n) is 2.64. The van der Waals surface area contributed by atoms with Crippen LogP contribution in [0.2, 0.25) is 0 Å². The number of aryl methyl sites for hydroxylation is 1. The van der Waals surface area contributed by atoms with E-state index in [1.54, 1.807) is 31.2 Å². The zero-order valence-electron chi connectivity index (χ0n) is 17.7. The molecule has 0 bridgehead atoms. The SMILES string of the molecule is CCCCc1ccc(NC(=O)c2ccc(O[C@@H](C)C(=O)OCC(C)C)cc2)cc1. The van der Waals surface area contributed by atoms with Gasteiger partial charge in [-0.15, -0.1) is 0 Å². The lowest BCUT2D eigenvalue weighted by Gasteiger charge is -2.15. The first-order valence-electron chi connectivity index (χ1n) is 10.2. The summed E-state index contributed by atoms with van der Waals surface area (Å²) in [5.41, 5.74) is 2.55. The highest BCUT2D eigenvalue weighted by atomic mass is 16.6. The smallest absolute Gasteiger partial charge is 0.347 e. The highest BCUT2D eigenvalue weighted by molar-refractivity contribution is 6.04. The first-order valence-corrected chi connectivity index (χ1v) is 10.2. The third-order valence-corrected chi connectivity index (χ3v) is 4.35. The first kappa shape index (κ1) is 22.5. The van der Waals surface area contributed by atoms with E-state index >= 15 is 0 Å². The van der Waals surface area contributed by atoms with Crippen LogP contribution in [-0.2, 0) is 16.0 Å². The lowest BCUT2D eigenvalue weighted by molar-refractivity contribution is -0.152. The molecule has 0 aliphatic carbocycles. The molecule has 0 saturated heterocycles. The lowest BCUT2D eigenvalue weighted by atomic mass is 10.1. The van der Waals surface area contributed by atoms with Gasteiger partial charge in [0.2, 0.25) is 0 Å². The second-order valence-corrected chi connectivity index (χ2v) is 7.56. The summed E-state index contributed by atoms with van der Waals surface area (Å²) in [4.78, 5) is 24.3. The van der Waals surface area contributed by atoms with Gasteiger partial charge in [-0.05, 0) is 67.6 Å². The molecule has 0 heterocycles. The number of hydrogen-bond donors (Lipinski definition) is 1. The number of benzene rings is 2. The molecule has 0 aliphatic rings. The molecular formula is C24H31NO4. The summed E-state index contributed by atoms with van der Waals surface area (Å²) in [5.74, 6) is 0.192. The van der Waals surface area contributed by atoms with Crippen LogP contribution in [-0.4, -0.2) is 24.6 Å². The summed E-state index contributed by atoms with van der Waals surface area (Å²) < 4.78 is 10.8. The molecule has 0 radical (unpaired) electrons. The van der Waals surface area contributed by atoms with Crippen molar-refractivity contribution in [2.45, 2.75) is 53.1 Å². The van der Waals surface area contributed by atoms with E-state index in [1.165, 1.54) is 5.56 Å². The maximum atomic E-state index is 12.4. The largest absolute Gasteiger partial charge is 0.479 e. The molecule has 0 unspecified atom stereocenters. The molecule has 5 nitrogen and oxygen atoms in total. The number of nitrogens with one attached hydrogen (secondary N) is 1. The standard InChI is InChI=1S/C24H31NO4/c1-5-6-7-19-8-12-21(13-9-19)25-23(26)20-10-14-22(15-11-20)29-18(4)24(27)28-16-17(2)3/h8-15,17-18H,5-7,16H2,1-4H3,(H,25,26)/t18-/m0/s1. The van der Waals surface area contributed by atoms with Crippen molar-refractivity contribution >= 4 is 17.6 Å². The van der Waals surface area contributed by atoms with E-state index in [0.717, 1.165) is 24.9 Å². The van der Waals surface area contributed by atoms with Crippen molar-refractivity contribution in [2.24, 2.45) is 5.92 Å². The third-order valence-electron chi connectivity index (χ3n) is 4.35. The summed E-state index contributed by atoms with van der Waals surface area (Å²) in [7, 11) is 0. The Labute approximate surface area is 173 Å². The lowest BCUT2D eigenvalue weighted by Crippen LogP contribution is -2.27. The summed E-state index contributed by atoms with van der Waals surface area (Å²) in [5, 5.41) is 2.89. The second-order valence-electron chi connectivity index (χ2n) is 7.56. The van der Waals surface area contributed by atoms with Gasteiger partial charge in [0.1, 0.15) is 5.75 Å². The van der Waals surface area contributed by atoms with Gasteiger partial charge in [0.05, 0.1) is 6.61 Å². The number of unbranched alkanes of at least 4 members (excludes halogenated alkanes) is 1. The Morgan fingerprint density at radius 1 is 0.966 bits per heavy atom.